The van der Waals surface area contributed by atoms with Gasteiger partial charge in [0.05, 0.1) is 0 Å². The molecular formula is C20H28N2. The van der Waals surface area contributed by atoms with E-state index in [1.54, 1.807) is 0 Å². The van der Waals surface area contributed by atoms with E-state index >= 15 is 0 Å². The van der Waals surface area contributed by atoms with Crippen molar-refractivity contribution in [2.45, 2.75) is 46.2 Å². The zero-order valence-electron chi connectivity index (χ0n) is 14.0. The van der Waals surface area contributed by atoms with Crippen LogP contribution in [0.2, 0.25) is 0 Å². The summed E-state index contributed by atoms with van der Waals surface area (Å²) in [6, 6.07) is 20.1. The van der Waals surface area contributed by atoms with Crippen molar-refractivity contribution in [3.8, 4) is 0 Å². The van der Waals surface area contributed by atoms with Gasteiger partial charge in [-0.3, -0.25) is 0 Å². The summed E-state index contributed by atoms with van der Waals surface area (Å²) in [5, 5.41) is 3.45. The average molecular weight is 296 g/mol. The number of nitrogens with one attached hydrogen (secondary N) is 1. The van der Waals surface area contributed by atoms with Crippen LogP contribution in [0.15, 0.2) is 54.6 Å². The van der Waals surface area contributed by atoms with Crippen LogP contribution in [-0.2, 0) is 6.54 Å². The molecule has 0 aliphatic heterocycles. The van der Waals surface area contributed by atoms with E-state index in [-0.39, 0.29) is 0 Å². The lowest BCUT2D eigenvalue weighted by Crippen LogP contribution is -2.24. The molecule has 2 aromatic carbocycles. The molecule has 2 aromatic rings. The van der Waals surface area contributed by atoms with E-state index in [1.165, 1.54) is 29.8 Å². The Bertz CT molecular complexity index is 529. The third-order valence-electron chi connectivity index (χ3n) is 3.87. The van der Waals surface area contributed by atoms with Gasteiger partial charge in [-0.1, -0.05) is 44.2 Å². The highest BCUT2D eigenvalue weighted by Crippen LogP contribution is 2.31. The fourth-order valence-electron chi connectivity index (χ4n) is 2.60. The largest absolute Gasteiger partial charge is 0.381 e. The number of hydrogen-bond acceptors (Lipinski definition) is 2. The zero-order chi connectivity index (χ0) is 15.8. The fourth-order valence-corrected chi connectivity index (χ4v) is 2.60. The Kier molecular flexibility index (Phi) is 6.32. The topological polar surface area (TPSA) is 15.3 Å². The van der Waals surface area contributed by atoms with Gasteiger partial charge in [0, 0.05) is 30.5 Å². The second-order valence-electron chi connectivity index (χ2n) is 5.40. The highest BCUT2D eigenvalue weighted by Gasteiger charge is 2.27. The number of hydrogen-bond donors (Lipinski definition) is 1. The highest BCUT2D eigenvalue weighted by molar-refractivity contribution is 5.50. The van der Waals surface area contributed by atoms with Gasteiger partial charge in [-0.25, -0.2) is 0 Å². The second kappa shape index (κ2) is 8.47. The van der Waals surface area contributed by atoms with Crippen molar-refractivity contribution >= 4 is 11.4 Å². The van der Waals surface area contributed by atoms with Gasteiger partial charge in [-0.05, 0) is 49.6 Å². The molecule has 3 rings (SSSR count). The number of nitrogens with zero attached hydrogens (tertiary/aromatic N) is 1. The predicted molar refractivity (Wildman–Crippen MR) is 97.6 cm³/mol. The lowest BCUT2D eigenvalue weighted by atomic mass is 10.2. The van der Waals surface area contributed by atoms with Crippen molar-refractivity contribution < 1.29 is 0 Å². The lowest BCUT2D eigenvalue weighted by Gasteiger charge is -2.23. The molecule has 1 aliphatic carbocycles. The van der Waals surface area contributed by atoms with Crippen LogP contribution in [0, 0.1) is 0 Å². The summed E-state index contributed by atoms with van der Waals surface area (Å²) in [7, 11) is 0. The predicted octanol–water partition coefficient (Wildman–Crippen LogP) is 5.31. The first-order valence-electron chi connectivity index (χ1n) is 8.51. The van der Waals surface area contributed by atoms with Crippen molar-refractivity contribution in [2.24, 2.45) is 0 Å². The van der Waals surface area contributed by atoms with Crippen molar-refractivity contribution in [3.05, 3.63) is 60.2 Å². The standard InChI is InChI=1S/C18H22N2.C2H6/c1-2-20(18-12-13-18)17-10-8-15(9-11-17)14-19-16-6-4-3-5-7-16;1-2/h3-11,18-19H,2,12-14H2,1H3;1-2H3. The molecule has 2 heteroatoms. The first kappa shape index (κ1) is 16.4. The molecular weight excluding hydrogens is 268 g/mol. The molecule has 2 nitrogen and oxygen atoms in total. The van der Waals surface area contributed by atoms with Crippen molar-refractivity contribution in [1.82, 2.24) is 0 Å². The third-order valence-corrected chi connectivity index (χ3v) is 3.87. The summed E-state index contributed by atoms with van der Waals surface area (Å²) >= 11 is 0. The maximum atomic E-state index is 3.45. The van der Waals surface area contributed by atoms with Crippen LogP contribution in [-0.4, -0.2) is 12.6 Å². The Balaban J connectivity index is 0.000000847. The highest BCUT2D eigenvalue weighted by atomic mass is 15.2. The van der Waals surface area contributed by atoms with Crippen LogP contribution < -0.4 is 10.2 Å². The lowest BCUT2D eigenvalue weighted by molar-refractivity contribution is 0.826. The van der Waals surface area contributed by atoms with Crippen molar-refractivity contribution in [1.29, 1.82) is 0 Å². The number of para-hydroxylation sites is 1. The first-order chi connectivity index (χ1) is 10.9. The number of benzene rings is 2. The Morgan fingerprint density at radius 3 is 2.14 bits per heavy atom. The molecule has 1 saturated carbocycles. The number of anilines is 2. The number of rotatable bonds is 6. The molecule has 1 aliphatic rings. The molecule has 0 bridgehead atoms. The Morgan fingerprint density at radius 1 is 0.955 bits per heavy atom. The summed E-state index contributed by atoms with van der Waals surface area (Å²) in [5.74, 6) is 0. The van der Waals surface area contributed by atoms with Gasteiger partial charge in [0.2, 0.25) is 0 Å². The molecule has 0 atom stereocenters. The Morgan fingerprint density at radius 2 is 1.59 bits per heavy atom. The average Bonchev–Trinajstić information content (AvgIpc) is 3.43. The van der Waals surface area contributed by atoms with Gasteiger partial charge in [0.1, 0.15) is 0 Å². The minimum Gasteiger partial charge on any atom is -0.381 e. The summed E-state index contributed by atoms with van der Waals surface area (Å²) < 4.78 is 0. The Hall–Kier alpha value is -1.96. The quantitative estimate of drug-likeness (QED) is 0.776. The molecule has 0 spiro atoms. The van der Waals surface area contributed by atoms with Gasteiger partial charge in [0.15, 0.2) is 0 Å². The summed E-state index contributed by atoms with van der Waals surface area (Å²) in [4.78, 5) is 2.51. The minimum atomic E-state index is 0.785. The fraction of sp³-hybridized carbons (Fsp3) is 0.400. The van der Waals surface area contributed by atoms with Crippen molar-refractivity contribution in [2.75, 3.05) is 16.8 Å². The maximum Gasteiger partial charge on any atom is 0.0400 e. The smallest absolute Gasteiger partial charge is 0.0400 e. The second-order valence-corrected chi connectivity index (χ2v) is 5.40. The van der Waals surface area contributed by atoms with Crippen LogP contribution in [0.4, 0.5) is 11.4 Å². The van der Waals surface area contributed by atoms with Crippen LogP contribution in [0.5, 0.6) is 0 Å². The SMILES string of the molecule is CC.CCN(c1ccc(CNc2ccccc2)cc1)C1CC1. The van der Waals surface area contributed by atoms with E-state index in [0.717, 1.165) is 19.1 Å². The molecule has 0 saturated heterocycles. The monoisotopic (exact) mass is 296 g/mol. The van der Waals surface area contributed by atoms with Gasteiger partial charge in [0.25, 0.3) is 0 Å². The van der Waals surface area contributed by atoms with Crippen LogP contribution in [0.25, 0.3) is 0 Å². The van der Waals surface area contributed by atoms with E-state index < -0.39 is 0 Å². The molecule has 118 valence electrons. The van der Waals surface area contributed by atoms with Gasteiger partial charge >= 0.3 is 0 Å². The van der Waals surface area contributed by atoms with Crippen LogP contribution in [0.1, 0.15) is 39.2 Å². The van der Waals surface area contributed by atoms with Crippen molar-refractivity contribution in [3.63, 3.8) is 0 Å². The summed E-state index contributed by atoms with van der Waals surface area (Å²) in [6.45, 7) is 8.22. The van der Waals surface area contributed by atoms with Gasteiger partial charge in [-0.15, -0.1) is 0 Å². The van der Waals surface area contributed by atoms with E-state index in [9.17, 15) is 0 Å². The van der Waals surface area contributed by atoms with Gasteiger partial charge in [-0.2, -0.15) is 0 Å². The summed E-state index contributed by atoms with van der Waals surface area (Å²) in [6.07, 6.45) is 2.70. The molecule has 0 radical (unpaired) electrons. The third kappa shape index (κ3) is 4.52. The Labute approximate surface area is 135 Å². The van der Waals surface area contributed by atoms with E-state index in [4.69, 9.17) is 0 Å². The molecule has 0 aromatic heterocycles. The van der Waals surface area contributed by atoms with E-state index in [2.05, 4.69) is 65.7 Å². The molecule has 1 fully saturated rings. The minimum absolute atomic E-state index is 0.785. The van der Waals surface area contributed by atoms with Crippen LogP contribution in [0.3, 0.4) is 0 Å². The first-order valence-corrected chi connectivity index (χ1v) is 8.51. The summed E-state index contributed by atoms with van der Waals surface area (Å²) in [5.41, 5.74) is 3.85. The normalized spacial score (nSPS) is 13.0. The maximum absolute atomic E-state index is 3.45. The molecule has 0 unspecified atom stereocenters. The van der Waals surface area contributed by atoms with Crippen LogP contribution >= 0.6 is 0 Å². The van der Waals surface area contributed by atoms with Gasteiger partial charge < -0.3 is 10.2 Å². The molecule has 22 heavy (non-hydrogen) atoms. The van der Waals surface area contributed by atoms with E-state index in [0.29, 0.717) is 0 Å². The zero-order valence-corrected chi connectivity index (χ0v) is 14.0. The molecule has 1 N–H and O–H groups in total. The molecule has 0 heterocycles. The van der Waals surface area contributed by atoms with E-state index in [1.807, 2.05) is 19.9 Å². The molecule has 0 amide bonds.